The van der Waals surface area contributed by atoms with Gasteiger partial charge in [0, 0.05) is 12.4 Å². The molecule has 0 saturated heterocycles. The standard InChI is InChI=1S/C11H10ClN5O2S/c12-10-11(17-6-2-1-3-9(17)15-10)20(18,19)14-7-8-4-5-13-16-8/h1-6,14H,7H2,(H,13,16). The lowest BCUT2D eigenvalue weighted by Gasteiger charge is -2.05. The summed E-state index contributed by atoms with van der Waals surface area (Å²) < 4.78 is 28.5. The van der Waals surface area contributed by atoms with Crippen LogP contribution in [0.15, 0.2) is 41.7 Å². The molecule has 0 unspecified atom stereocenters. The van der Waals surface area contributed by atoms with Crippen molar-refractivity contribution in [2.24, 2.45) is 0 Å². The van der Waals surface area contributed by atoms with Crippen LogP contribution in [0.4, 0.5) is 0 Å². The zero-order valence-corrected chi connectivity index (χ0v) is 11.7. The normalized spacial score (nSPS) is 12.1. The van der Waals surface area contributed by atoms with E-state index in [1.54, 1.807) is 36.7 Å². The number of aromatic nitrogens is 4. The predicted molar refractivity (Wildman–Crippen MR) is 72.8 cm³/mol. The number of H-pyrrole nitrogens is 1. The van der Waals surface area contributed by atoms with Gasteiger partial charge >= 0.3 is 0 Å². The van der Waals surface area contributed by atoms with Gasteiger partial charge in [-0.2, -0.15) is 5.10 Å². The molecule has 0 aromatic carbocycles. The second-order valence-corrected chi connectivity index (χ2v) is 6.08. The van der Waals surface area contributed by atoms with Gasteiger partial charge in [0.25, 0.3) is 10.0 Å². The molecule has 3 heterocycles. The Hall–Kier alpha value is -1.90. The fourth-order valence-electron chi connectivity index (χ4n) is 1.81. The smallest absolute Gasteiger partial charge is 0.260 e. The number of nitrogens with one attached hydrogen (secondary N) is 2. The summed E-state index contributed by atoms with van der Waals surface area (Å²) in [5.41, 5.74) is 1.12. The minimum Gasteiger partial charge on any atom is -0.288 e. The molecule has 20 heavy (non-hydrogen) atoms. The van der Waals surface area contributed by atoms with Gasteiger partial charge in [0.1, 0.15) is 5.65 Å². The Morgan fingerprint density at radius 3 is 2.95 bits per heavy atom. The number of sulfonamides is 1. The van der Waals surface area contributed by atoms with Gasteiger partial charge in [-0.3, -0.25) is 9.50 Å². The first kappa shape index (κ1) is 13.1. The molecule has 2 N–H and O–H groups in total. The second kappa shape index (κ2) is 4.89. The van der Waals surface area contributed by atoms with E-state index in [0.717, 1.165) is 0 Å². The average Bonchev–Trinajstić information content (AvgIpc) is 3.02. The van der Waals surface area contributed by atoms with Crippen LogP contribution in [0.25, 0.3) is 5.65 Å². The monoisotopic (exact) mass is 311 g/mol. The molecule has 0 aliphatic carbocycles. The van der Waals surface area contributed by atoms with Crippen molar-refractivity contribution in [2.75, 3.05) is 0 Å². The van der Waals surface area contributed by atoms with E-state index in [1.165, 1.54) is 4.40 Å². The highest BCUT2D eigenvalue weighted by Crippen LogP contribution is 2.22. The molecule has 0 fully saturated rings. The van der Waals surface area contributed by atoms with Gasteiger partial charge < -0.3 is 0 Å². The number of imidazole rings is 1. The maximum Gasteiger partial charge on any atom is 0.260 e. The average molecular weight is 312 g/mol. The third-order valence-corrected chi connectivity index (χ3v) is 4.51. The van der Waals surface area contributed by atoms with Gasteiger partial charge in [-0.15, -0.1) is 0 Å². The fourth-order valence-corrected chi connectivity index (χ4v) is 3.45. The number of hydrogen-bond acceptors (Lipinski definition) is 4. The summed E-state index contributed by atoms with van der Waals surface area (Å²) in [5.74, 6) is 0. The zero-order chi connectivity index (χ0) is 14.2. The van der Waals surface area contributed by atoms with E-state index in [1.807, 2.05) is 0 Å². The van der Waals surface area contributed by atoms with E-state index in [4.69, 9.17) is 11.6 Å². The zero-order valence-electron chi connectivity index (χ0n) is 10.1. The van der Waals surface area contributed by atoms with Crippen molar-refractivity contribution in [3.63, 3.8) is 0 Å². The van der Waals surface area contributed by atoms with Crippen LogP contribution in [0.2, 0.25) is 5.15 Å². The Bertz CT molecular complexity index is 841. The molecule has 0 atom stereocenters. The number of nitrogens with zero attached hydrogens (tertiary/aromatic N) is 3. The molecule has 0 amide bonds. The highest BCUT2D eigenvalue weighted by atomic mass is 35.5. The topological polar surface area (TPSA) is 92.1 Å². The lowest BCUT2D eigenvalue weighted by Crippen LogP contribution is -2.25. The van der Waals surface area contributed by atoms with Gasteiger partial charge in [0.05, 0.1) is 12.2 Å². The summed E-state index contributed by atoms with van der Waals surface area (Å²) in [6, 6.07) is 6.82. The largest absolute Gasteiger partial charge is 0.288 e. The Balaban J connectivity index is 1.98. The van der Waals surface area contributed by atoms with Gasteiger partial charge in [-0.25, -0.2) is 18.1 Å². The Labute approximate surface area is 119 Å². The van der Waals surface area contributed by atoms with Crippen molar-refractivity contribution < 1.29 is 8.42 Å². The molecule has 0 radical (unpaired) electrons. The SMILES string of the molecule is O=S(=O)(NCc1ccn[nH]1)c1c(Cl)nc2ccccn12. The predicted octanol–water partition coefficient (Wildman–Crippen LogP) is 1.19. The minimum absolute atomic E-state index is 0.0617. The maximum atomic E-state index is 12.3. The van der Waals surface area contributed by atoms with E-state index >= 15 is 0 Å². The van der Waals surface area contributed by atoms with Crippen molar-refractivity contribution >= 4 is 27.3 Å². The molecule has 0 aliphatic rings. The molecule has 3 aromatic heterocycles. The summed E-state index contributed by atoms with van der Waals surface area (Å²) in [4.78, 5) is 4.01. The lowest BCUT2D eigenvalue weighted by atomic mass is 10.4. The molecule has 0 saturated carbocycles. The maximum absolute atomic E-state index is 12.3. The molecule has 0 spiro atoms. The van der Waals surface area contributed by atoms with Gasteiger partial charge in [0.15, 0.2) is 10.2 Å². The van der Waals surface area contributed by atoms with E-state index in [-0.39, 0.29) is 16.7 Å². The summed E-state index contributed by atoms with van der Waals surface area (Å²) in [5, 5.41) is 6.29. The lowest BCUT2D eigenvalue weighted by molar-refractivity contribution is 0.575. The van der Waals surface area contributed by atoms with Crippen LogP contribution in [-0.4, -0.2) is 28.0 Å². The Morgan fingerprint density at radius 1 is 1.35 bits per heavy atom. The number of aromatic amines is 1. The summed E-state index contributed by atoms with van der Waals surface area (Å²) >= 11 is 5.94. The van der Waals surface area contributed by atoms with Crippen molar-refractivity contribution in [3.05, 3.63) is 47.5 Å². The van der Waals surface area contributed by atoms with Gasteiger partial charge in [0.2, 0.25) is 0 Å². The van der Waals surface area contributed by atoms with Crippen LogP contribution < -0.4 is 4.72 Å². The number of hydrogen-bond donors (Lipinski definition) is 2. The van der Waals surface area contributed by atoms with Crippen LogP contribution in [0.3, 0.4) is 0 Å². The van der Waals surface area contributed by atoms with Crippen LogP contribution in [0.1, 0.15) is 5.69 Å². The third-order valence-electron chi connectivity index (χ3n) is 2.71. The molecular formula is C11H10ClN5O2S. The van der Waals surface area contributed by atoms with Crippen molar-refractivity contribution in [1.82, 2.24) is 24.3 Å². The van der Waals surface area contributed by atoms with E-state index in [0.29, 0.717) is 11.3 Å². The van der Waals surface area contributed by atoms with Crippen molar-refractivity contribution in [2.45, 2.75) is 11.6 Å². The summed E-state index contributed by atoms with van der Waals surface area (Å²) in [6.45, 7) is 0.0960. The molecule has 9 heteroatoms. The van der Waals surface area contributed by atoms with E-state index in [9.17, 15) is 8.42 Å². The Morgan fingerprint density at radius 2 is 2.20 bits per heavy atom. The van der Waals surface area contributed by atoms with Crippen molar-refractivity contribution in [3.8, 4) is 0 Å². The Kier molecular flexibility index (Phi) is 3.20. The number of pyridine rings is 1. The number of fused-ring (bicyclic) bond motifs is 1. The van der Waals surface area contributed by atoms with E-state index < -0.39 is 10.0 Å². The highest BCUT2D eigenvalue weighted by molar-refractivity contribution is 7.89. The molecule has 3 aromatic rings. The van der Waals surface area contributed by atoms with Gasteiger partial charge in [-0.05, 0) is 18.2 Å². The van der Waals surface area contributed by atoms with Crippen LogP contribution in [0.5, 0.6) is 0 Å². The minimum atomic E-state index is -3.78. The first-order valence-corrected chi connectivity index (χ1v) is 7.54. The van der Waals surface area contributed by atoms with Crippen molar-refractivity contribution in [1.29, 1.82) is 0 Å². The second-order valence-electron chi connectivity index (χ2n) is 4.04. The molecule has 7 nitrogen and oxygen atoms in total. The highest BCUT2D eigenvalue weighted by Gasteiger charge is 2.24. The van der Waals surface area contributed by atoms with E-state index in [2.05, 4.69) is 19.9 Å². The first-order valence-electron chi connectivity index (χ1n) is 5.68. The molecule has 104 valence electrons. The van der Waals surface area contributed by atoms with Crippen LogP contribution >= 0.6 is 11.6 Å². The molecule has 0 bridgehead atoms. The number of halogens is 1. The molecule has 3 rings (SSSR count). The molecular weight excluding hydrogens is 302 g/mol. The third kappa shape index (κ3) is 2.28. The van der Waals surface area contributed by atoms with Gasteiger partial charge in [-0.1, -0.05) is 17.7 Å². The summed E-state index contributed by atoms with van der Waals surface area (Å²) in [6.07, 6.45) is 3.14. The van der Waals surface area contributed by atoms with Crippen LogP contribution in [0, 0.1) is 0 Å². The number of rotatable bonds is 4. The first-order chi connectivity index (χ1) is 9.58. The van der Waals surface area contributed by atoms with Crippen LogP contribution in [-0.2, 0) is 16.6 Å². The molecule has 0 aliphatic heterocycles. The quantitative estimate of drug-likeness (QED) is 0.757. The summed E-state index contributed by atoms with van der Waals surface area (Å²) in [7, 11) is -3.78. The fraction of sp³-hybridized carbons (Fsp3) is 0.0909.